The van der Waals surface area contributed by atoms with Crippen molar-refractivity contribution in [2.45, 2.75) is 5.75 Å². The Kier molecular flexibility index (Phi) is 7.72. The van der Waals surface area contributed by atoms with Crippen molar-refractivity contribution in [3.63, 3.8) is 0 Å². The van der Waals surface area contributed by atoms with Crippen molar-refractivity contribution in [3.05, 3.63) is 67.6 Å². The highest BCUT2D eigenvalue weighted by atomic mass is 35.5. The number of hydrogen-bond donors (Lipinski definition) is 1. The molecule has 1 amide bonds. The summed E-state index contributed by atoms with van der Waals surface area (Å²) >= 11 is 25.3. The number of benzene rings is 2. The third-order valence-electron chi connectivity index (χ3n) is 2.89. The molecule has 0 saturated heterocycles. The first-order valence-electron chi connectivity index (χ1n) is 6.75. The van der Waals surface area contributed by atoms with Gasteiger partial charge in [-0.15, -0.1) is 11.8 Å². The molecule has 24 heavy (non-hydrogen) atoms. The maximum Gasteiger partial charge on any atom is 0.250 e. The molecule has 0 heterocycles. The Bertz CT molecular complexity index is 747. The lowest BCUT2D eigenvalue weighted by atomic mass is 10.2. The number of rotatable bonds is 6. The Morgan fingerprint density at radius 1 is 1.04 bits per heavy atom. The van der Waals surface area contributed by atoms with Crippen LogP contribution >= 0.6 is 58.2 Å². The van der Waals surface area contributed by atoms with Crippen molar-refractivity contribution in [2.75, 3.05) is 5.75 Å². The van der Waals surface area contributed by atoms with Crippen LogP contribution in [0.1, 0.15) is 11.1 Å². The molecule has 0 aliphatic carbocycles. The number of nitrogens with zero attached hydrogens (tertiary/aromatic N) is 1. The summed E-state index contributed by atoms with van der Waals surface area (Å²) in [6.45, 7) is 0. The van der Waals surface area contributed by atoms with Crippen molar-refractivity contribution >= 4 is 70.3 Å². The van der Waals surface area contributed by atoms with Gasteiger partial charge in [-0.3, -0.25) is 4.79 Å². The summed E-state index contributed by atoms with van der Waals surface area (Å²) < 4.78 is 0. The number of amides is 1. The van der Waals surface area contributed by atoms with E-state index in [1.54, 1.807) is 36.4 Å². The molecule has 0 unspecified atom stereocenters. The van der Waals surface area contributed by atoms with E-state index in [1.807, 2.05) is 0 Å². The van der Waals surface area contributed by atoms with Gasteiger partial charge in [0.2, 0.25) is 5.91 Å². The van der Waals surface area contributed by atoms with Crippen LogP contribution < -0.4 is 5.43 Å². The summed E-state index contributed by atoms with van der Waals surface area (Å²) in [6.07, 6.45) is 1.50. The summed E-state index contributed by atoms with van der Waals surface area (Å²) in [7, 11) is 0. The molecule has 1 N–H and O–H groups in total. The molecule has 8 heteroatoms. The van der Waals surface area contributed by atoms with Crippen molar-refractivity contribution in [2.24, 2.45) is 5.10 Å². The number of carbonyl (C=O) groups excluding carboxylic acids is 1. The maximum absolute atomic E-state index is 11.8. The molecule has 2 rings (SSSR count). The molecule has 0 radical (unpaired) electrons. The number of nitrogens with one attached hydrogen (secondary N) is 1. The smallest absolute Gasteiger partial charge is 0.250 e. The molecule has 0 aliphatic heterocycles. The van der Waals surface area contributed by atoms with Gasteiger partial charge in [0.1, 0.15) is 0 Å². The molecule has 126 valence electrons. The molecule has 0 aromatic heterocycles. The fourth-order valence-electron chi connectivity index (χ4n) is 1.72. The Labute approximate surface area is 164 Å². The van der Waals surface area contributed by atoms with Gasteiger partial charge in [0.15, 0.2) is 0 Å². The minimum Gasteiger partial charge on any atom is -0.272 e. The van der Waals surface area contributed by atoms with Gasteiger partial charge in [-0.1, -0.05) is 58.5 Å². The van der Waals surface area contributed by atoms with Gasteiger partial charge in [-0.25, -0.2) is 5.43 Å². The van der Waals surface area contributed by atoms with E-state index in [1.165, 1.54) is 18.0 Å². The van der Waals surface area contributed by atoms with Crippen molar-refractivity contribution in [3.8, 4) is 0 Å². The van der Waals surface area contributed by atoms with Gasteiger partial charge in [0, 0.05) is 15.8 Å². The van der Waals surface area contributed by atoms with E-state index >= 15 is 0 Å². The van der Waals surface area contributed by atoms with Gasteiger partial charge >= 0.3 is 0 Å². The second-order valence-electron chi connectivity index (χ2n) is 4.66. The monoisotopic (exact) mass is 420 g/mol. The molecular formula is C16H12Cl4N2OS. The SMILES string of the molecule is O=C(CSCc1c(Cl)cccc1Cl)N/N=C\c1ccc(Cl)c(Cl)c1. The highest BCUT2D eigenvalue weighted by Crippen LogP contribution is 2.28. The Balaban J connectivity index is 1.79. The lowest BCUT2D eigenvalue weighted by Gasteiger charge is -2.06. The first-order chi connectivity index (χ1) is 11.5. The van der Waals surface area contributed by atoms with E-state index in [0.29, 0.717) is 25.8 Å². The van der Waals surface area contributed by atoms with Crippen LogP contribution in [-0.4, -0.2) is 17.9 Å². The molecule has 0 aliphatic rings. The van der Waals surface area contributed by atoms with Gasteiger partial charge in [-0.05, 0) is 35.4 Å². The number of halogens is 4. The van der Waals surface area contributed by atoms with E-state index in [2.05, 4.69) is 10.5 Å². The van der Waals surface area contributed by atoms with Crippen molar-refractivity contribution in [1.82, 2.24) is 5.43 Å². The summed E-state index contributed by atoms with van der Waals surface area (Å²) in [5.41, 5.74) is 4.00. The van der Waals surface area contributed by atoms with Crippen LogP contribution in [0.3, 0.4) is 0 Å². The second-order valence-corrected chi connectivity index (χ2v) is 7.27. The molecule has 0 bridgehead atoms. The Morgan fingerprint density at radius 3 is 2.42 bits per heavy atom. The Hall–Kier alpha value is -0.910. The molecule has 2 aromatic carbocycles. The average Bonchev–Trinajstić information content (AvgIpc) is 2.54. The predicted molar refractivity (Wildman–Crippen MR) is 105 cm³/mol. The largest absolute Gasteiger partial charge is 0.272 e. The Morgan fingerprint density at radius 2 is 1.75 bits per heavy atom. The van der Waals surface area contributed by atoms with E-state index < -0.39 is 0 Å². The maximum atomic E-state index is 11.8. The second kappa shape index (κ2) is 9.54. The topological polar surface area (TPSA) is 41.5 Å². The third-order valence-corrected chi connectivity index (χ3v) is 5.29. The minimum absolute atomic E-state index is 0.223. The van der Waals surface area contributed by atoms with Gasteiger partial charge in [0.05, 0.1) is 22.0 Å². The lowest BCUT2D eigenvalue weighted by molar-refractivity contribution is -0.118. The van der Waals surface area contributed by atoms with Gasteiger partial charge < -0.3 is 0 Å². The lowest BCUT2D eigenvalue weighted by Crippen LogP contribution is -2.19. The highest BCUT2D eigenvalue weighted by molar-refractivity contribution is 7.99. The van der Waals surface area contributed by atoms with Crippen LogP contribution in [0, 0.1) is 0 Å². The van der Waals surface area contributed by atoms with Crippen LogP contribution in [0.2, 0.25) is 20.1 Å². The first-order valence-corrected chi connectivity index (χ1v) is 9.41. The van der Waals surface area contributed by atoms with Crippen LogP contribution in [0.4, 0.5) is 0 Å². The fourth-order valence-corrected chi connectivity index (χ4v) is 3.58. The zero-order chi connectivity index (χ0) is 17.5. The zero-order valence-electron chi connectivity index (χ0n) is 12.2. The highest BCUT2D eigenvalue weighted by Gasteiger charge is 2.07. The van der Waals surface area contributed by atoms with Crippen LogP contribution in [-0.2, 0) is 10.5 Å². The first kappa shape index (κ1) is 19.4. The van der Waals surface area contributed by atoms with Crippen LogP contribution in [0.25, 0.3) is 0 Å². The molecule has 0 spiro atoms. The molecule has 0 fully saturated rings. The zero-order valence-corrected chi connectivity index (χ0v) is 16.1. The number of hydrazone groups is 1. The van der Waals surface area contributed by atoms with Crippen LogP contribution in [0.5, 0.6) is 0 Å². The predicted octanol–water partition coefficient (Wildman–Crippen LogP) is 5.68. The van der Waals surface area contributed by atoms with E-state index in [4.69, 9.17) is 46.4 Å². The standard InChI is InChI=1S/C16H12Cl4N2OS/c17-12-2-1-3-13(18)11(12)8-24-9-16(23)22-21-7-10-4-5-14(19)15(20)6-10/h1-7H,8-9H2,(H,22,23)/b21-7-. The molecular weight excluding hydrogens is 410 g/mol. The molecule has 0 saturated carbocycles. The van der Waals surface area contributed by atoms with E-state index in [0.717, 1.165) is 11.1 Å². The number of thioether (sulfide) groups is 1. The summed E-state index contributed by atoms with van der Waals surface area (Å²) in [5.74, 6) is 0.558. The number of hydrogen-bond acceptors (Lipinski definition) is 3. The van der Waals surface area contributed by atoms with E-state index in [-0.39, 0.29) is 11.7 Å². The minimum atomic E-state index is -0.223. The molecule has 3 nitrogen and oxygen atoms in total. The van der Waals surface area contributed by atoms with Gasteiger partial charge in [0.25, 0.3) is 0 Å². The number of carbonyl (C=O) groups is 1. The quantitative estimate of drug-likeness (QED) is 0.481. The normalized spacial score (nSPS) is 11.0. The van der Waals surface area contributed by atoms with E-state index in [9.17, 15) is 4.79 Å². The summed E-state index contributed by atoms with van der Waals surface area (Å²) in [4.78, 5) is 11.8. The summed E-state index contributed by atoms with van der Waals surface area (Å²) in [6, 6.07) is 10.4. The fraction of sp³-hybridized carbons (Fsp3) is 0.125. The third kappa shape index (κ3) is 5.87. The van der Waals surface area contributed by atoms with Gasteiger partial charge in [-0.2, -0.15) is 5.10 Å². The van der Waals surface area contributed by atoms with Crippen molar-refractivity contribution in [1.29, 1.82) is 0 Å². The summed E-state index contributed by atoms with van der Waals surface area (Å²) in [5, 5.41) is 5.96. The van der Waals surface area contributed by atoms with Crippen molar-refractivity contribution < 1.29 is 4.79 Å². The van der Waals surface area contributed by atoms with Crippen LogP contribution in [0.15, 0.2) is 41.5 Å². The molecule has 2 aromatic rings. The average molecular weight is 422 g/mol. The molecule has 0 atom stereocenters.